The fourth-order valence-corrected chi connectivity index (χ4v) is 4.50. The van der Waals surface area contributed by atoms with E-state index in [1.165, 1.54) is 6.42 Å². The molecule has 8 heteroatoms. The topological polar surface area (TPSA) is 80.0 Å². The maximum Gasteiger partial charge on any atom is 0.244 e. The number of nitrogens with zero attached hydrogens (tertiary/aromatic N) is 7. The van der Waals surface area contributed by atoms with E-state index < -0.39 is 0 Å². The second-order valence-corrected chi connectivity index (χ2v) is 7.82. The molecule has 144 valence electrons. The number of hydrogen-bond acceptors (Lipinski definition) is 6. The number of carbonyl (C=O) groups excluding carboxylic acids is 1. The van der Waals surface area contributed by atoms with Gasteiger partial charge in [-0.3, -0.25) is 9.78 Å². The molecule has 0 N–H and O–H groups in total. The van der Waals surface area contributed by atoms with Crippen molar-refractivity contribution in [2.24, 2.45) is 5.92 Å². The number of benzene rings is 1. The van der Waals surface area contributed by atoms with Gasteiger partial charge in [0.1, 0.15) is 17.9 Å². The summed E-state index contributed by atoms with van der Waals surface area (Å²) in [6.07, 6.45) is 5.77. The molecule has 3 aromatic rings. The lowest BCUT2D eigenvalue weighted by Gasteiger charge is -2.37. The molecule has 4 heterocycles. The summed E-state index contributed by atoms with van der Waals surface area (Å²) < 4.78 is 1.61. The molecule has 2 atom stereocenters. The highest BCUT2D eigenvalue weighted by molar-refractivity contribution is 5.77. The Morgan fingerprint density at radius 3 is 2.93 bits per heavy atom. The van der Waals surface area contributed by atoms with Crippen LogP contribution in [-0.4, -0.2) is 73.4 Å². The fourth-order valence-electron chi connectivity index (χ4n) is 4.50. The van der Waals surface area contributed by atoms with Crippen LogP contribution in [0.25, 0.3) is 22.4 Å². The predicted octanol–water partition coefficient (Wildman–Crippen LogP) is 1.44. The normalized spacial score (nSPS) is 22.5. The Labute approximate surface area is 163 Å². The van der Waals surface area contributed by atoms with Gasteiger partial charge in [-0.15, -0.1) is 5.10 Å². The summed E-state index contributed by atoms with van der Waals surface area (Å²) in [6, 6.07) is 8.05. The number of rotatable bonds is 3. The molecule has 2 fully saturated rings. The number of hydrogen-bond donors (Lipinski definition) is 0. The molecule has 0 saturated carbocycles. The lowest BCUT2D eigenvalue weighted by atomic mass is 9.92. The van der Waals surface area contributed by atoms with E-state index >= 15 is 0 Å². The van der Waals surface area contributed by atoms with Crippen molar-refractivity contribution in [3.05, 3.63) is 36.7 Å². The van der Waals surface area contributed by atoms with Gasteiger partial charge in [-0.25, -0.2) is 9.67 Å². The van der Waals surface area contributed by atoms with Gasteiger partial charge in [0.05, 0.1) is 23.4 Å². The molecule has 28 heavy (non-hydrogen) atoms. The van der Waals surface area contributed by atoms with E-state index in [1.807, 2.05) is 24.3 Å². The monoisotopic (exact) mass is 377 g/mol. The number of piperidine rings is 1. The van der Waals surface area contributed by atoms with E-state index in [4.69, 9.17) is 0 Å². The van der Waals surface area contributed by atoms with Gasteiger partial charge in [-0.2, -0.15) is 0 Å². The van der Waals surface area contributed by atoms with E-state index in [-0.39, 0.29) is 12.5 Å². The zero-order valence-electron chi connectivity index (χ0n) is 15.9. The van der Waals surface area contributed by atoms with Crippen LogP contribution in [0.1, 0.15) is 12.8 Å². The van der Waals surface area contributed by atoms with Gasteiger partial charge in [-0.1, -0.05) is 17.3 Å². The minimum Gasteiger partial charge on any atom is -0.336 e. The van der Waals surface area contributed by atoms with Gasteiger partial charge in [0.2, 0.25) is 5.91 Å². The fraction of sp³-hybridized carbons (Fsp3) is 0.450. The van der Waals surface area contributed by atoms with Crippen molar-refractivity contribution in [2.45, 2.75) is 25.4 Å². The summed E-state index contributed by atoms with van der Waals surface area (Å²) >= 11 is 0. The van der Waals surface area contributed by atoms with E-state index in [1.54, 1.807) is 17.1 Å². The number of carbonyl (C=O) groups is 1. The van der Waals surface area contributed by atoms with E-state index in [0.29, 0.717) is 23.3 Å². The molecule has 0 bridgehead atoms. The number of fused-ring (bicyclic) bond motifs is 2. The SMILES string of the molecule is CN1C[C@@H]2CCCN(C(=O)Cn3cc(-c4cnc5ccccc5n4)nn3)[C@@H]2C1. The number of likely N-dealkylation sites (N-methyl/N-ethyl adjacent to an activating group) is 1. The van der Waals surface area contributed by atoms with Crippen LogP contribution in [0.2, 0.25) is 0 Å². The highest BCUT2D eigenvalue weighted by Crippen LogP contribution is 2.30. The number of para-hydroxylation sites is 2. The Hall–Kier alpha value is -2.87. The number of amides is 1. The van der Waals surface area contributed by atoms with Gasteiger partial charge in [0.25, 0.3) is 0 Å². The maximum atomic E-state index is 12.9. The van der Waals surface area contributed by atoms with Crippen LogP contribution >= 0.6 is 0 Å². The number of likely N-dealkylation sites (tertiary alicyclic amines) is 2. The van der Waals surface area contributed by atoms with Crippen LogP contribution in [0.15, 0.2) is 36.7 Å². The average molecular weight is 377 g/mol. The van der Waals surface area contributed by atoms with Crippen LogP contribution < -0.4 is 0 Å². The van der Waals surface area contributed by atoms with Crippen molar-refractivity contribution in [3.63, 3.8) is 0 Å². The van der Waals surface area contributed by atoms with Crippen molar-refractivity contribution in [2.75, 3.05) is 26.7 Å². The van der Waals surface area contributed by atoms with Crippen molar-refractivity contribution in [3.8, 4) is 11.4 Å². The highest BCUT2D eigenvalue weighted by atomic mass is 16.2. The first-order valence-corrected chi connectivity index (χ1v) is 9.78. The average Bonchev–Trinajstić information content (AvgIpc) is 3.32. The summed E-state index contributed by atoms with van der Waals surface area (Å²) in [7, 11) is 2.13. The molecule has 5 rings (SSSR count). The predicted molar refractivity (Wildman–Crippen MR) is 104 cm³/mol. The van der Waals surface area contributed by atoms with Crippen molar-refractivity contribution in [1.82, 2.24) is 34.8 Å². The minimum absolute atomic E-state index is 0.117. The third kappa shape index (κ3) is 3.13. The van der Waals surface area contributed by atoms with Crippen molar-refractivity contribution < 1.29 is 4.79 Å². The van der Waals surface area contributed by atoms with E-state index in [0.717, 1.165) is 37.1 Å². The van der Waals surface area contributed by atoms with Gasteiger partial charge in [0, 0.05) is 25.7 Å². The lowest BCUT2D eigenvalue weighted by Crippen LogP contribution is -2.49. The second kappa shape index (κ2) is 6.94. The van der Waals surface area contributed by atoms with Gasteiger partial charge >= 0.3 is 0 Å². The lowest BCUT2D eigenvalue weighted by molar-refractivity contribution is -0.136. The summed E-state index contributed by atoms with van der Waals surface area (Å²) in [5.74, 6) is 0.716. The summed E-state index contributed by atoms with van der Waals surface area (Å²) in [5, 5.41) is 8.35. The third-order valence-corrected chi connectivity index (χ3v) is 5.83. The van der Waals surface area contributed by atoms with Crippen LogP contribution in [0.4, 0.5) is 0 Å². The van der Waals surface area contributed by atoms with Crippen molar-refractivity contribution >= 4 is 16.9 Å². The Morgan fingerprint density at radius 1 is 1.18 bits per heavy atom. The Balaban J connectivity index is 1.32. The molecule has 1 amide bonds. The van der Waals surface area contributed by atoms with E-state index in [2.05, 4.69) is 37.1 Å². The molecule has 0 aliphatic carbocycles. The summed E-state index contributed by atoms with van der Waals surface area (Å²) in [6.45, 7) is 3.10. The molecule has 1 aromatic carbocycles. The standard InChI is InChI=1S/C20H23N7O/c1-25-10-14-5-4-8-27(19(14)12-25)20(28)13-26-11-18(23-24-26)17-9-21-15-6-2-3-7-16(15)22-17/h2-3,6-7,9,11,14,19H,4-5,8,10,12-13H2,1H3/t14-,19+/m0/s1. The first kappa shape index (κ1) is 17.2. The largest absolute Gasteiger partial charge is 0.336 e. The molecule has 2 aliphatic heterocycles. The van der Waals surface area contributed by atoms with Gasteiger partial charge < -0.3 is 9.80 Å². The molecule has 2 aliphatic rings. The smallest absolute Gasteiger partial charge is 0.244 e. The number of aromatic nitrogens is 5. The minimum atomic E-state index is 0.117. The molecule has 2 saturated heterocycles. The van der Waals surface area contributed by atoms with Crippen LogP contribution in [0, 0.1) is 5.92 Å². The molecular formula is C20H23N7O. The molecule has 0 radical (unpaired) electrons. The van der Waals surface area contributed by atoms with Crippen LogP contribution in [0.5, 0.6) is 0 Å². The quantitative estimate of drug-likeness (QED) is 0.687. The van der Waals surface area contributed by atoms with Crippen molar-refractivity contribution in [1.29, 1.82) is 0 Å². The van der Waals surface area contributed by atoms with Crippen LogP contribution in [0.3, 0.4) is 0 Å². The molecule has 0 unspecified atom stereocenters. The zero-order chi connectivity index (χ0) is 19.1. The molecule has 8 nitrogen and oxygen atoms in total. The highest BCUT2D eigenvalue weighted by Gasteiger charge is 2.39. The van der Waals surface area contributed by atoms with E-state index in [9.17, 15) is 4.79 Å². The molecular weight excluding hydrogens is 354 g/mol. The maximum absolute atomic E-state index is 12.9. The molecule has 2 aromatic heterocycles. The molecule has 0 spiro atoms. The Bertz CT molecular complexity index is 1020. The van der Waals surface area contributed by atoms with Gasteiger partial charge in [0.15, 0.2) is 0 Å². The summed E-state index contributed by atoms with van der Waals surface area (Å²) in [5.41, 5.74) is 2.95. The third-order valence-electron chi connectivity index (χ3n) is 5.83. The summed E-state index contributed by atoms with van der Waals surface area (Å²) in [4.78, 5) is 26.3. The Morgan fingerprint density at radius 2 is 2.04 bits per heavy atom. The second-order valence-electron chi connectivity index (χ2n) is 7.82. The van der Waals surface area contributed by atoms with Crippen LogP contribution in [-0.2, 0) is 11.3 Å². The zero-order valence-corrected chi connectivity index (χ0v) is 15.9. The first-order valence-electron chi connectivity index (χ1n) is 9.78. The first-order chi connectivity index (χ1) is 13.7. The Kier molecular flexibility index (Phi) is 4.27. The van der Waals surface area contributed by atoms with Gasteiger partial charge in [-0.05, 0) is 37.9 Å².